The van der Waals surface area contributed by atoms with Crippen LogP contribution in [0.2, 0.25) is 0 Å². The fourth-order valence-corrected chi connectivity index (χ4v) is 0.778. The lowest BCUT2D eigenvalue weighted by molar-refractivity contribution is 0.112. The Morgan fingerprint density at radius 3 is 2.50 bits per heavy atom. The quantitative estimate of drug-likeness (QED) is 0.599. The maximum Gasteiger partial charge on any atom is 0.153 e. The van der Waals surface area contributed by atoms with E-state index in [1.165, 1.54) is 0 Å². The molecule has 0 aliphatic rings. The molecule has 0 aliphatic heterocycles. The van der Waals surface area contributed by atoms with Gasteiger partial charge in [0.05, 0.1) is 11.1 Å². The first-order valence-electron chi connectivity index (χ1n) is 3.10. The van der Waals surface area contributed by atoms with E-state index in [9.17, 15) is 4.79 Å². The van der Waals surface area contributed by atoms with Crippen molar-refractivity contribution >= 4 is 6.29 Å². The smallest absolute Gasteiger partial charge is 0.153 e. The molecule has 0 heterocycles. The van der Waals surface area contributed by atoms with E-state index in [1.807, 2.05) is 0 Å². The van der Waals surface area contributed by atoms with Crippen LogP contribution in [0.4, 0.5) is 0 Å². The van der Waals surface area contributed by atoms with E-state index in [2.05, 4.69) is 0 Å². The second-order valence-electron chi connectivity index (χ2n) is 2.16. The summed E-state index contributed by atoms with van der Waals surface area (Å²) in [5, 5.41) is 26.4. The number of aldehydes is 1. The molecule has 0 saturated heterocycles. The predicted octanol–water partition coefficient (Wildman–Crippen LogP) is 0.782. The zero-order valence-corrected chi connectivity index (χ0v) is 5.98. The standard InChI is InChI=1S/C8H5NO3/c9-3-5-1-6(4-10)8(12)2-7(5)11/h1-2,4,11-12H. The Hall–Kier alpha value is -2.02. The highest BCUT2D eigenvalue weighted by Gasteiger charge is 2.06. The Bertz CT molecular complexity index is 365. The minimum absolute atomic E-state index is 0.00986. The van der Waals surface area contributed by atoms with E-state index < -0.39 is 0 Å². The molecule has 0 aromatic heterocycles. The van der Waals surface area contributed by atoms with Crippen LogP contribution in [-0.2, 0) is 0 Å². The molecule has 4 heteroatoms. The summed E-state index contributed by atoms with van der Waals surface area (Å²) in [6, 6.07) is 3.76. The van der Waals surface area contributed by atoms with Crippen LogP contribution in [0.3, 0.4) is 0 Å². The Morgan fingerprint density at radius 2 is 2.00 bits per heavy atom. The van der Waals surface area contributed by atoms with Gasteiger partial charge in [0.25, 0.3) is 0 Å². The number of nitriles is 1. The first-order valence-corrected chi connectivity index (χ1v) is 3.10. The number of phenols is 2. The Kier molecular flexibility index (Phi) is 1.97. The van der Waals surface area contributed by atoms with Crippen LogP contribution in [0, 0.1) is 11.3 Å². The molecule has 0 saturated carbocycles. The van der Waals surface area contributed by atoms with E-state index in [1.54, 1.807) is 6.07 Å². The molecule has 0 fully saturated rings. The van der Waals surface area contributed by atoms with Gasteiger partial charge in [-0.3, -0.25) is 4.79 Å². The van der Waals surface area contributed by atoms with Crippen LogP contribution in [0.5, 0.6) is 11.5 Å². The van der Waals surface area contributed by atoms with E-state index in [0.29, 0.717) is 6.29 Å². The number of hydrogen-bond donors (Lipinski definition) is 2. The van der Waals surface area contributed by atoms with Gasteiger partial charge in [-0.25, -0.2) is 0 Å². The second-order valence-corrected chi connectivity index (χ2v) is 2.16. The normalized spacial score (nSPS) is 8.92. The molecule has 4 nitrogen and oxygen atoms in total. The van der Waals surface area contributed by atoms with Gasteiger partial charge in [-0.15, -0.1) is 0 Å². The Balaban J connectivity index is 3.39. The van der Waals surface area contributed by atoms with Crippen molar-refractivity contribution in [2.24, 2.45) is 0 Å². The molecule has 0 bridgehead atoms. The number of phenolic OH excluding ortho intramolecular Hbond substituents is 2. The highest BCUT2D eigenvalue weighted by molar-refractivity contribution is 5.80. The van der Waals surface area contributed by atoms with E-state index >= 15 is 0 Å². The second kappa shape index (κ2) is 2.93. The molecule has 0 amide bonds. The molecule has 0 atom stereocenters. The first kappa shape index (κ1) is 8.08. The number of benzene rings is 1. The van der Waals surface area contributed by atoms with Gasteiger partial charge in [0.2, 0.25) is 0 Å². The average Bonchev–Trinajstić information content (AvgIpc) is 2.05. The zero-order valence-electron chi connectivity index (χ0n) is 5.98. The number of carbonyl (C=O) groups is 1. The number of nitrogens with zero attached hydrogens (tertiary/aromatic N) is 1. The molecule has 60 valence electrons. The maximum atomic E-state index is 10.3. The molecule has 2 N–H and O–H groups in total. The van der Waals surface area contributed by atoms with Gasteiger partial charge >= 0.3 is 0 Å². The molecular formula is C8H5NO3. The van der Waals surface area contributed by atoms with Crippen molar-refractivity contribution in [2.75, 3.05) is 0 Å². The van der Waals surface area contributed by atoms with Crippen molar-refractivity contribution < 1.29 is 15.0 Å². The van der Waals surface area contributed by atoms with Crippen LogP contribution in [0.1, 0.15) is 15.9 Å². The van der Waals surface area contributed by atoms with Gasteiger partial charge in [-0.2, -0.15) is 5.26 Å². The van der Waals surface area contributed by atoms with Crippen molar-refractivity contribution in [3.8, 4) is 17.6 Å². The van der Waals surface area contributed by atoms with Gasteiger partial charge in [0.15, 0.2) is 6.29 Å². The summed E-state index contributed by atoms with van der Waals surface area (Å²) in [6.07, 6.45) is 0.412. The largest absolute Gasteiger partial charge is 0.507 e. The number of aromatic hydroxyl groups is 2. The lowest BCUT2D eigenvalue weighted by atomic mass is 10.1. The third-order valence-electron chi connectivity index (χ3n) is 1.39. The number of hydrogen-bond acceptors (Lipinski definition) is 4. The van der Waals surface area contributed by atoms with Crippen molar-refractivity contribution in [3.05, 3.63) is 23.3 Å². The van der Waals surface area contributed by atoms with Gasteiger partial charge in [0, 0.05) is 6.07 Å². The van der Waals surface area contributed by atoms with E-state index in [-0.39, 0.29) is 22.6 Å². The lowest BCUT2D eigenvalue weighted by Gasteiger charge is -1.99. The highest BCUT2D eigenvalue weighted by Crippen LogP contribution is 2.25. The first-order chi connectivity index (χ1) is 5.69. The van der Waals surface area contributed by atoms with E-state index in [0.717, 1.165) is 12.1 Å². The van der Waals surface area contributed by atoms with Crippen molar-refractivity contribution in [1.82, 2.24) is 0 Å². The van der Waals surface area contributed by atoms with Crippen LogP contribution in [0.15, 0.2) is 12.1 Å². The highest BCUT2D eigenvalue weighted by atomic mass is 16.3. The zero-order chi connectivity index (χ0) is 9.14. The maximum absolute atomic E-state index is 10.3. The van der Waals surface area contributed by atoms with Crippen LogP contribution in [0.25, 0.3) is 0 Å². The van der Waals surface area contributed by atoms with Crippen molar-refractivity contribution in [2.45, 2.75) is 0 Å². The summed E-state index contributed by atoms with van der Waals surface area (Å²) in [6.45, 7) is 0. The predicted molar refractivity (Wildman–Crippen MR) is 39.9 cm³/mol. The molecule has 1 aromatic rings. The number of carbonyl (C=O) groups excluding carboxylic acids is 1. The third-order valence-corrected chi connectivity index (χ3v) is 1.39. The minimum atomic E-state index is -0.333. The number of rotatable bonds is 1. The van der Waals surface area contributed by atoms with Crippen LogP contribution >= 0.6 is 0 Å². The Morgan fingerprint density at radius 1 is 1.33 bits per heavy atom. The molecule has 0 spiro atoms. The SMILES string of the molecule is N#Cc1cc(C=O)c(O)cc1O. The Labute approximate surface area is 68.3 Å². The summed E-state index contributed by atoms with van der Waals surface area (Å²) in [4.78, 5) is 10.3. The molecule has 12 heavy (non-hydrogen) atoms. The molecule has 1 aromatic carbocycles. The molecule has 0 aliphatic carbocycles. The summed E-state index contributed by atoms with van der Waals surface area (Å²) < 4.78 is 0. The third kappa shape index (κ3) is 1.20. The van der Waals surface area contributed by atoms with Crippen LogP contribution < -0.4 is 0 Å². The summed E-state index contributed by atoms with van der Waals surface area (Å²) in [5.74, 6) is -0.665. The summed E-state index contributed by atoms with van der Waals surface area (Å²) in [7, 11) is 0. The van der Waals surface area contributed by atoms with Gasteiger partial charge < -0.3 is 10.2 Å². The summed E-state index contributed by atoms with van der Waals surface area (Å²) in [5.41, 5.74) is -0.0424. The van der Waals surface area contributed by atoms with E-state index in [4.69, 9.17) is 15.5 Å². The molecule has 0 unspecified atom stereocenters. The lowest BCUT2D eigenvalue weighted by Crippen LogP contribution is -1.84. The molecule has 1 rings (SSSR count). The fourth-order valence-electron chi connectivity index (χ4n) is 0.778. The minimum Gasteiger partial charge on any atom is -0.507 e. The van der Waals surface area contributed by atoms with Crippen molar-refractivity contribution in [1.29, 1.82) is 5.26 Å². The summed E-state index contributed by atoms with van der Waals surface area (Å²) >= 11 is 0. The van der Waals surface area contributed by atoms with Crippen LogP contribution in [-0.4, -0.2) is 16.5 Å². The van der Waals surface area contributed by atoms with Gasteiger partial charge in [-0.1, -0.05) is 0 Å². The fraction of sp³-hybridized carbons (Fsp3) is 0. The van der Waals surface area contributed by atoms with Gasteiger partial charge in [-0.05, 0) is 6.07 Å². The van der Waals surface area contributed by atoms with Gasteiger partial charge in [0.1, 0.15) is 17.6 Å². The van der Waals surface area contributed by atoms with Crippen molar-refractivity contribution in [3.63, 3.8) is 0 Å². The topological polar surface area (TPSA) is 81.3 Å². The molecular weight excluding hydrogens is 158 g/mol. The average molecular weight is 163 g/mol. The molecule has 0 radical (unpaired) electrons. The monoisotopic (exact) mass is 163 g/mol.